The van der Waals surface area contributed by atoms with Crippen LogP contribution >= 0.6 is 0 Å². The Balaban J connectivity index is 1.90. The molecule has 2 heterocycles. The number of carbonyl (C=O) groups is 1. The van der Waals surface area contributed by atoms with Gasteiger partial charge >= 0.3 is 6.18 Å². The lowest BCUT2D eigenvalue weighted by Crippen LogP contribution is -2.54. The van der Waals surface area contributed by atoms with Crippen molar-refractivity contribution in [2.24, 2.45) is 5.92 Å². The van der Waals surface area contributed by atoms with Gasteiger partial charge in [-0.1, -0.05) is 54.1 Å². The maximum Gasteiger partial charge on any atom is 0.415 e. The zero-order valence-corrected chi connectivity index (χ0v) is 20.4. The molecule has 1 aromatic heterocycles. The zero-order chi connectivity index (χ0) is 26.4. The maximum absolute atomic E-state index is 16.9. The Labute approximate surface area is 206 Å². The smallest absolute Gasteiger partial charge is 0.338 e. The van der Waals surface area contributed by atoms with Crippen LogP contribution in [0.2, 0.25) is 0 Å². The molecule has 1 aromatic carbocycles. The Bertz CT molecular complexity index is 1330. The number of benzene rings is 1. The normalized spacial score (nSPS) is 26.6. The number of allylic oxidation sites excluding steroid dienone is 3. The number of rotatable bonds is 5. The number of sulfonamides is 1. The predicted octanol–water partition coefficient (Wildman–Crippen LogP) is 4.51. The van der Waals surface area contributed by atoms with Crippen LogP contribution in [0.1, 0.15) is 30.9 Å². The van der Waals surface area contributed by atoms with E-state index in [0.29, 0.717) is 5.57 Å². The molecule has 36 heavy (non-hydrogen) atoms. The summed E-state index contributed by atoms with van der Waals surface area (Å²) in [5, 5.41) is 0. The summed E-state index contributed by atoms with van der Waals surface area (Å²) in [6.45, 7) is 1.55. The van der Waals surface area contributed by atoms with Crippen molar-refractivity contribution in [3.8, 4) is 0 Å². The molecular weight excluding hydrogens is 498 g/mol. The minimum atomic E-state index is -4.73. The van der Waals surface area contributed by atoms with Gasteiger partial charge in [0.15, 0.2) is 11.2 Å². The van der Waals surface area contributed by atoms with Crippen molar-refractivity contribution in [2.75, 3.05) is 17.7 Å². The number of carbonyl (C=O) groups excluding carboxylic acids is 1. The molecule has 6 nitrogen and oxygen atoms in total. The van der Waals surface area contributed by atoms with E-state index in [0.717, 1.165) is 17.2 Å². The van der Waals surface area contributed by atoms with E-state index in [9.17, 15) is 26.4 Å². The van der Waals surface area contributed by atoms with Gasteiger partial charge in [-0.05, 0) is 37.5 Å². The summed E-state index contributed by atoms with van der Waals surface area (Å²) in [7, 11) is -4.02. The van der Waals surface area contributed by atoms with Gasteiger partial charge in [0, 0.05) is 18.3 Å². The highest BCUT2D eigenvalue weighted by atomic mass is 32.2. The Morgan fingerprint density at radius 2 is 1.86 bits per heavy atom. The van der Waals surface area contributed by atoms with Crippen molar-refractivity contribution in [1.29, 1.82) is 0 Å². The Hall–Kier alpha value is -3.21. The highest BCUT2D eigenvalue weighted by Gasteiger charge is 2.63. The summed E-state index contributed by atoms with van der Waals surface area (Å²) in [5.74, 6) is -3.04. The number of nitrogens with one attached hydrogen (secondary N) is 1. The van der Waals surface area contributed by atoms with Gasteiger partial charge in [0.25, 0.3) is 0 Å². The molecule has 1 N–H and O–H groups in total. The summed E-state index contributed by atoms with van der Waals surface area (Å²) in [4.78, 5) is 18.1. The van der Waals surface area contributed by atoms with Crippen LogP contribution in [0, 0.1) is 5.92 Å². The number of alkyl halides is 4. The largest absolute Gasteiger partial charge is 0.415 e. The van der Waals surface area contributed by atoms with Crippen LogP contribution in [0.25, 0.3) is 0 Å². The minimum absolute atomic E-state index is 0.000747. The summed E-state index contributed by atoms with van der Waals surface area (Å²) in [6.07, 6.45) is 0.954. The van der Waals surface area contributed by atoms with Crippen LogP contribution in [0.15, 0.2) is 72.5 Å². The summed E-state index contributed by atoms with van der Waals surface area (Å²) >= 11 is 0. The third-order valence-corrected chi connectivity index (χ3v) is 7.17. The first-order valence-electron chi connectivity index (χ1n) is 11.2. The van der Waals surface area contributed by atoms with E-state index in [2.05, 4.69) is 4.98 Å². The molecule has 0 radical (unpaired) electrons. The summed E-state index contributed by atoms with van der Waals surface area (Å²) in [6, 6.07) is 10.1. The van der Waals surface area contributed by atoms with Crippen LogP contribution in [0.5, 0.6) is 0 Å². The third kappa shape index (κ3) is 4.40. The predicted molar refractivity (Wildman–Crippen MR) is 127 cm³/mol. The molecule has 1 saturated heterocycles. The number of halogens is 4. The van der Waals surface area contributed by atoms with Crippen molar-refractivity contribution in [2.45, 2.75) is 37.1 Å². The Morgan fingerprint density at radius 1 is 1.17 bits per heavy atom. The van der Waals surface area contributed by atoms with Crippen molar-refractivity contribution in [1.82, 2.24) is 9.71 Å². The molecule has 0 bridgehead atoms. The average molecular weight is 524 g/mol. The van der Waals surface area contributed by atoms with E-state index >= 15 is 4.39 Å². The lowest BCUT2D eigenvalue weighted by Gasteiger charge is -2.43. The van der Waals surface area contributed by atoms with E-state index in [4.69, 9.17) is 0 Å². The second-order valence-electron chi connectivity index (χ2n) is 9.08. The lowest BCUT2D eigenvalue weighted by atomic mass is 9.77. The molecule has 1 aliphatic heterocycles. The Kier molecular flexibility index (Phi) is 6.48. The zero-order valence-electron chi connectivity index (χ0n) is 19.6. The van der Waals surface area contributed by atoms with Gasteiger partial charge in [0.05, 0.1) is 12.2 Å². The first-order valence-corrected chi connectivity index (χ1v) is 13.1. The number of hydrogen-bond donors (Lipinski definition) is 1. The SMILES string of the molecule is CC1=CC(C(=O)NS(C)(=O)=O)C(F)(c2cccnc2N2CCCC2(c2ccccc2)C(F)(F)F)C=C1. The molecular formula is C25H25F4N3O3S. The van der Waals surface area contributed by atoms with Crippen LogP contribution < -0.4 is 9.62 Å². The molecule has 3 unspecified atom stereocenters. The Morgan fingerprint density at radius 3 is 2.50 bits per heavy atom. The summed E-state index contributed by atoms with van der Waals surface area (Å²) < 4.78 is 86.6. The number of anilines is 1. The molecule has 0 spiro atoms. The third-order valence-electron chi connectivity index (χ3n) is 6.60. The number of nitrogens with zero attached hydrogens (tertiary/aromatic N) is 2. The maximum atomic E-state index is 16.9. The minimum Gasteiger partial charge on any atom is -0.338 e. The molecule has 1 fully saturated rings. The van der Waals surface area contributed by atoms with Gasteiger partial charge in [-0.2, -0.15) is 13.2 Å². The van der Waals surface area contributed by atoms with Gasteiger partial charge < -0.3 is 4.90 Å². The molecule has 2 aliphatic rings. The van der Waals surface area contributed by atoms with E-state index in [1.165, 1.54) is 54.7 Å². The van der Waals surface area contributed by atoms with Crippen LogP contribution in [-0.2, 0) is 26.0 Å². The second kappa shape index (κ2) is 9.02. The van der Waals surface area contributed by atoms with Gasteiger partial charge in [-0.3, -0.25) is 9.52 Å². The lowest BCUT2D eigenvalue weighted by molar-refractivity contribution is -0.188. The first-order chi connectivity index (χ1) is 16.8. The van der Waals surface area contributed by atoms with Crippen molar-refractivity contribution in [3.63, 3.8) is 0 Å². The monoisotopic (exact) mass is 523 g/mol. The highest BCUT2D eigenvalue weighted by Crippen LogP contribution is 2.54. The first kappa shape index (κ1) is 25.9. The fourth-order valence-corrected chi connectivity index (χ4v) is 5.55. The highest BCUT2D eigenvalue weighted by molar-refractivity contribution is 7.89. The van der Waals surface area contributed by atoms with Gasteiger partial charge in [0.1, 0.15) is 5.82 Å². The van der Waals surface area contributed by atoms with Crippen molar-refractivity contribution in [3.05, 3.63) is 83.6 Å². The molecule has 192 valence electrons. The van der Waals surface area contributed by atoms with Gasteiger partial charge in [0.2, 0.25) is 15.9 Å². The summed E-state index contributed by atoms with van der Waals surface area (Å²) in [5.41, 5.74) is -4.87. The molecule has 1 amide bonds. The standard InChI is InChI=1S/C25H25F4N3O3S/c1-17-11-13-23(26,20(16-17)22(33)31-36(2,34)35)19-10-6-14-30-21(19)32-15-7-12-24(32,25(27,28)29)18-8-4-3-5-9-18/h3-6,8-11,13-14,16,20H,7,12,15H2,1-2H3,(H,31,33). The molecule has 0 saturated carbocycles. The molecule has 3 atom stereocenters. The average Bonchev–Trinajstić information content (AvgIpc) is 3.26. The molecule has 2 aromatic rings. The van der Waals surface area contributed by atoms with Crippen LogP contribution in [0.3, 0.4) is 0 Å². The number of hydrogen-bond acceptors (Lipinski definition) is 5. The van der Waals surface area contributed by atoms with Gasteiger partial charge in [-0.25, -0.2) is 17.8 Å². The fourth-order valence-electron chi connectivity index (χ4n) is 5.06. The van der Waals surface area contributed by atoms with Crippen LogP contribution in [0.4, 0.5) is 23.4 Å². The number of pyridine rings is 1. The van der Waals surface area contributed by atoms with Crippen molar-refractivity contribution >= 4 is 21.7 Å². The van der Waals surface area contributed by atoms with E-state index in [1.54, 1.807) is 17.7 Å². The van der Waals surface area contributed by atoms with Crippen molar-refractivity contribution < 1.29 is 30.8 Å². The van der Waals surface area contributed by atoms with E-state index in [1.807, 2.05) is 0 Å². The number of aromatic nitrogens is 1. The van der Waals surface area contributed by atoms with Gasteiger partial charge in [-0.15, -0.1) is 0 Å². The molecule has 11 heteroatoms. The number of amides is 1. The second-order valence-corrected chi connectivity index (χ2v) is 10.8. The van der Waals surface area contributed by atoms with Crippen LogP contribution in [-0.4, -0.2) is 38.3 Å². The molecule has 1 aliphatic carbocycles. The topological polar surface area (TPSA) is 79.4 Å². The quantitative estimate of drug-likeness (QED) is 0.584. The fraction of sp³-hybridized carbons (Fsp3) is 0.360. The van der Waals surface area contributed by atoms with E-state index in [-0.39, 0.29) is 36.3 Å². The van der Waals surface area contributed by atoms with E-state index < -0.39 is 39.2 Å². The molecule has 4 rings (SSSR count).